The van der Waals surface area contributed by atoms with Crippen LogP contribution in [0.15, 0.2) is 60.7 Å². The van der Waals surface area contributed by atoms with Gasteiger partial charge in [0.05, 0.1) is 22.4 Å². The molecule has 0 saturated carbocycles. The fourth-order valence-corrected chi connectivity index (χ4v) is 3.49. The van der Waals surface area contributed by atoms with Crippen molar-refractivity contribution < 1.29 is 29.6 Å². The van der Waals surface area contributed by atoms with Crippen LogP contribution in [0.2, 0.25) is 0 Å². The van der Waals surface area contributed by atoms with Gasteiger partial charge < -0.3 is 29.6 Å². The van der Waals surface area contributed by atoms with E-state index in [1.807, 2.05) is 60.7 Å². The number of hydrogen-bond acceptors (Lipinski definition) is 6. The number of rotatable bonds is 11. The second-order valence-electron chi connectivity index (χ2n) is 11.0. The lowest BCUT2D eigenvalue weighted by Gasteiger charge is -2.46. The van der Waals surface area contributed by atoms with Crippen LogP contribution < -0.4 is 0 Å². The van der Waals surface area contributed by atoms with Gasteiger partial charge in [-0.25, -0.2) is 0 Å². The summed E-state index contributed by atoms with van der Waals surface area (Å²) in [5.41, 5.74) is -3.17. The van der Waals surface area contributed by atoms with Crippen molar-refractivity contribution >= 4 is 14.2 Å². The summed E-state index contributed by atoms with van der Waals surface area (Å²) in [6.45, 7) is 13.6. The predicted molar refractivity (Wildman–Crippen MR) is 137 cm³/mol. The maximum atomic E-state index is 10.8. The van der Waals surface area contributed by atoms with Crippen molar-refractivity contribution in [1.29, 1.82) is 0 Å². The molecule has 2 aromatic carbocycles. The second kappa shape index (κ2) is 10.5. The molecule has 0 heterocycles. The van der Waals surface area contributed by atoms with Crippen molar-refractivity contribution in [3.8, 4) is 0 Å². The van der Waals surface area contributed by atoms with E-state index in [0.717, 1.165) is 5.56 Å². The minimum Gasteiger partial charge on any atom is -0.427 e. The zero-order valence-corrected chi connectivity index (χ0v) is 21.7. The molecule has 0 aliphatic rings. The molecule has 2 atom stereocenters. The molecule has 8 heteroatoms. The summed E-state index contributed by atoms with van der Waals surface area (Å²) < 4.78 is 13.0. The van der Waals surface area contributed by atoms with Gasteiger partial charge in [0, 0.05) is 11.6 Å². The van der Waals surface area contributed by atoms with E-state index in [1.165, 1.54) is 0 Å². The average Bonchev–Trinajstić information content (AvgIpc) is 2.70. The third-order valence-electron chi connectivity index (χ3n) is 7.14. The highest BCUT2D eigenvalue weighted by molar-refractivity contribution is 6.53. The molecule has 34 heavy (non-hydrogen) atoms. The topological polar surface area (TPSA) is 99.4 Å². The Morgan fingerprint density at radius 1 is 0.588 bits per heavy atom. The lowest BCUT2D eigenvalue weighted by Crippen LogP contribution is -2.58. The van der Waals surface area contributed by atoms with E-state index in [4.69, 9.17) is 9.31 Å². The molecule has 2 aromatic rings. The lowest BCUT2D eigenvalue weighted by molar-refractivity contribution is -0.136. The molecule has 0 fully saturated rings. The minimum atomic E-state index is -1.72. The molecule has 0 aliphatic heterocycles. The third-order valence-corrected chi connectivity index (χ3v) is 7.14. The first-order chi connectivity index (χ1) is 15.5. The van der Waals surface area contributed by atoms with E-state index in [0.29, 0.717) is 5.56 Å². The Labute approximate surface area is 205 Å². The Balaban J connectivity index is 2.74. The van der Waals surface area contributed by atoms with Crippen LogP contribution in [-0.4, -0.2) is 56.9 Å². The monoisotopic (exact) mass is 470 g/mol. The molecule has 4 N–H and O–H groups in total. The van der Waals surface area contributed by atoms with Gasteiger partial charge in [0.25, 0.3) is 0 Å². The minimum absolute atomic E-state index is 0.688. The summed E-state index contributed by atoms with van der Waals surface area (Å²) in [4.78, 5) is 0. The smallest absolute Gasteiger partial charge is 0.427 e. The Morgan fingerprint density at radius 2 is 0.912 bits per heavy atom. The summed E-state index contributed by atoms with van der Waals surface area (Å²) in [5.74, 6) is -1.50. The SMILES string of the molecule is CC(C)(O)C(C)(C)OB(OC(C)(C)C(C)(C)O)C(c1ccccc1)C(B(O)O)c1ccccc1. The first kappa shape index (κ1) is 28.6. The van der Waals surface area contributed by atoms with Crippen molar-refractivity contribution in [3.05, 3.63) is 71.8 Å². The maximum Gasteiger partial charge on any atom is 0.465 e. The fraction of sp³-hybridized carbons (Fsp3) is 0.538. The summed E-state index contributed by atoms with van der Waals surface area (Å²) in [6, 6.07) is 18.6. The van der Waals surface area contributed by atoms with Gasteiger partial charge in [0.2, 0.25) is 0 Å². The zero-order chi connectivity index (χ0) is 25.9. The molecule has 2 unspecified atom stereocenters. The quantitative estimate of drug-likeness (QED) is 0.374. The van der Waals surface area contributed by atoms with Crippen molar-refractivity contribution in [2.45, 2.75) is 89.4 Å². The molecular formula is C26H40B2O6. The number of hydrogen-bond donors (Lipinski definition) is 4. The highest BCUT2D eigenvalue weighted by atomic mass is 16.6. The van der Waals surface area contributed by atoms with Crippen LogP contribution in [0.5, 0.6) is 0 Å². The van der Waals surface area contributed by atoms with Crippen molar-refractivity contribution in [2.24, 2.45) is 0 Å². The predicted octanol–water partition coefficient (Wildman–Crippen LogP) is 3.73. The van der Waals surface area contributed by atoms with Crippen LogP contribution in [0.3, 0.4) is 0 Å². The highest BCUT2D eigenvalue weighted by Crippen LogP contribution is 2.41. The van der Waals surface area contributed by atoms with E-state index in [2.05, 4.69) is 0 Å². The Bertz CT molecular complexity index is 861. The summed E-state index contributed by atoms with van der Waals surface area (Å²) in [5, 5.41) is 42.9. The Kier molecular flexibility index (Phi) is 8.84. The van der Waals surface area contributed by atoms with Crippen LogP contribution in [0.1, 0.15) is 78.2 Å². The number of aliphatic hydroxyl groups is 2. The van der Waals surface area contributed by atoms with Crippen LogP contribution in [0.4, 0.5) is 0 Å². The van der Waals surface area contributed by atoms with E-state index in [1.54, 1.807) is 55.4 Å². The van der Waals surface area contributed by atoms with Gasteiger partial charge in [-0.3, -0.25) is 0 Å². The summed E-state index contributed by atoms with van der Waals surface area (Å²) in [7, 11) is -2.78. The molecule has 0 bridgehead atoms. The van der Waals surface area contributed by atoms with Crippen LogP contribution >= 0.6 is 0 Å². The Morgan fingerprint density at radius 3 is 1.21 bits per heavy atom. The second-order valence-corrected chi connectivity index (χ2v) is 11.0. The lowest BCUT2D eigenvalue weighted by atomic mass is 9.49. The molecule has 0 spiro atoms. The van der Waals surface area contributed by atoms with Gasteiger partial charge >= 0.3 is 14.2 Å². The van der Waals surface area contributed by atoms with E-state index < -0.39 is 48.3 Å². The van der Waals surface area contributed by atoms with Gasteiger partial charge in [-0.1, -0.05) is 60.7 Å². The standard InChI is InChI=1S/C26H40B2O6/c1-23(2,29)25(5,6)33-28(34-26(7,8)24(3,4)30)22(20-17-13-10-14-18-20)21(27(31)32)19-15-11-9-12-16-19/h9-18,21-22,29-32H,1-8H3. The van der Waals surface area contributed by atoms with Crippen LogP contribution in [-0.2, 0) is 9.31 Å². The average molecular weight is 470 g/mol. The normalized spacial score (nSPS) is 15.1. The number of benzene rings is 2. The molecule has 6 nitrogen and oxygen atoms in total. The van der Waals surface area contributed by atoms with Gasteiger partial charge in [0.1, 0.15) is 0 Å². The van der Waals surface area contributed by atoms with E-state index >= 15 is 0 Å². The van der Waals surface area contributed by atoms with Crippen molar-refractivity contribution in [2.75, 3.05) is 0 Å². The first-order valence-corrected chi connectivity index (χ1v) is 11.7. The zero-order valence-electron chi connectivity index (χ0n) is 21.7. The molecule has 0 radical (unpaired) electrons. The molecule has 186 valence electrons. The van der Waals surface area contributed by atoms with Gasteiger partial charge in [0.15, 0.2) is 0 Å². The van der Waals surface area contributed by atoms with Gasteiger partial charge in [-0.2, -0.15) is 0 Å². The van der Waals surface area contributed by atoms with Gasteiger partial charge in [-0.05, 0) is 66.5 Å². The molecule has 2 rings (SSSR count). The maximum absolute atomic E-state index is 10.8. The molecule has 0 amide bonds. The molecular weight excluding hydrogens is 430 g/mol. The first-order valence-electron chi connectivity index (χ1n) is 11.7. The largest absolute Gasteiger partial charge is 0.465 e. The summed E-state index contributed by atoms with van der Waals surface area (Å²) in [6.07, 6.45) is 0. The molecule has 0 aliphatic carbocycles. The van der Waals surface area contributed by atoms with E-state index in [-0.39, 0.29) is 0 Å². The van der Waals surface area contributed by atoms with Gasteiger partial charge in [-0.15, -0.1) is 0 Å². The van der Waals surface area contributed by atoms with Crippen molar-refractivity contribution in [3.63, 3.8) is 0 Å². The molecule has 0 aromatic heterocycles. The van der Waals surface area contributed by atoms with Crippen LogP contribution in [0.25, 0.3) is 0 Å². The Hall–Kier alpha value is -1.67. The highest BCUT2D eigenvalue weighted by Gasteiger charge is 2.52. The fourth-order valence-electron chi connectivity index (χ4n) is 3.49. The summed E-state index contributed by atoms with van der Waals surface area (Å²) >= 11 is 0. The van der Waals surface area contributed by atoms with Crippen LogP contribution in [0, 0.1) is 0 Å². The van der Waals surface area contributed by atoms with Crippen molar-refractivity contribution in [1.82, 2.24) is 0 Å². The molecule has 0 saturated heterocycles. The third kappa shape index (κ3) is 6.72. The van der Waals surface area contributed by atoms with E-state index in [9.17, 15) is 20.3 Å².